The van der Waals surface area contributed by atoms with Gasteiger partial charge in [-0.3, -0.25) is 9.59 Å². The van der Waals surface area contributed by atoms with Gasteiger partial charge in [-0.25, -0.2) is 13.8 Å². The molecule has 0 aromatic carbocycles. The Morgan fingerprint density at radius 2 is 1.95 bits per heavy atom. The second kappa shape index (κ2) is 12.2. The number of allylic oxidation sites excluding steroid dienone is 2. The van der Waals surface area contributed by atoms with Crippen molar-refractivity contribution < 1.29 is 18.4 Å². The zero-order chi connectivity index (χ0) is 28.0. The molecule has 1 aliphatic carbocycles. The fourth-order valence-corrected chi connectivity index (χ4v) is 4.26. The number of nitrogens with one attached hydrogen (secondary N) is 3. The first-order valence-electron chi connectivity index (χ1n) is 12.7. The molecular formula is C26H38F2N8O2. The van der Waals surface area contributed by atoms with E-state index in [1.54, 1.807) is 38.4 Å². The highest BCUT2D eigenvalue weighted by Gasteiger charge is 2.71. The summed E-state index contributed by atoms with van der Waals surface area (Å²) in [6.07, 6.45) is 7.82. The van der Waals surface area contributed by atoms with Crippen LogP contribution in [0.2, 0.25) is 0 Å². The highest BCUT2D eigenvalue weighted by Crippen LogP contribution is 2.59. The highest BCUT2D eigenvalue weighted by molar-refractivity contribution is 5.96. The maximum Gasteiger partial charge on any atom is 0.271 e. The number of alkyl halides is 2. The molecule has 0 bridgehead atoms. The smallest absolute Gasteiger partial charge is 0.271 e. The summed E-state index contributed by atoms with van der Waals surface area (Å²) in [5.41, 5.74) is 19.7. The number of carbonyl (C=O) groups is 2. The number of fused-ring (bicyclic) bond motifs is 1. The number of anilines is 1. The Kier molecular flexibility index (Phi) is 9.31. The lowest BCUT2D eigenvalue weighted by molar-refractivity contribution is -0.123. The molecule has 1 aromatic rings. The van der Waals surface area contributed by atoms with Crippen molar-refractivity contribution in [1.82, 2.24) is 20.9 Å². The SMILES string of the molecule is CCC(=O)CNC(=O)/C(N[C@@H](C)C(N)C/C=C\C=C(/N)c1ccc(N2CC3C(C2)C3(F)F)nc1)=C(/N)NC. The molecule has 38 heavy (non-hydrogen) atoms. The van der Waals surface area contributed by atoms with E-state index >= 15 is 0 Å². The number of aromatic nitrogens is 1. The van der Waals surface area contributed by atoms with Crippen molar-refractivity contribution >= 4 is 23.2 Å². The first kappa shape index (κ1) is 28.9. The average molecular weight is 533 g/mol. The van der Waals surface area contributed by atoms with Crippen molar-refractivity contribution in [3.8, 4) is 0 Å². The molecule has 0 radical (unpaired) electrons. The fraction of sp³-hybridized carbons (Fsp3) is 0.500. The molecule has 10 nitrogen and oxygen atoms in total. The minimum atomic E-state index is -2.52. The first-order valence-corrected chi connectivity index (χ1v) is 12.7. The summed E-state index contributed by atoms with van der Waals surface area (Å²) in [5.74, 6) is -3.41. The standard InChI is InChI=1S/C26H38F2N8O2/c1-4-17(37)12-34-25(38)23(24(31)32-3)35-15(2)20(29)7-5-6-8-21(30)16-9-10-22(33-11-16)36-13-18-19(14-36)26(18,27)28/h5-6,8-11,15,18-20,32,35H,4,7,12-14,29-31H2,1-3H3,(H,34,38)/b6-5-,21-8-,24-23+/t15-,18?,19?,20?/m0/s1. The topological polar surface area (TPSA) is 164 Å². The zero-order valence-electron chi connectivity index (χ0n) is 22.0. The molecule has 2 fully saturated rings. The van der Waals surface area contributed by atoms with E-state index in [1.807, 2.05) is 24.0 Å². The predicted octanol–water partition coefficient (Wildman–Crippen LogP) is 0.777. The van der Waals surface area contributed by atoms with Gasteiger partial charge in [-0.1, -0.05) is 19.1 Å². The Hall–Kier alpha value is -3.67. The van der Waals surface area contributed by atoms with E-state index in [0.717, 1.165) is 5.56 Å². The van der Waals surface area contributed by atoms with Crippen molar-refractivity contribution in [2.45, 2.75) is 44.7 Å². The maximum atomic E-state index is 13.4. The fourth-order valence-electron chi connectivity index (χ4n) is 4.26. The summed E-state index contributed by atoms with van der Waals surface area (Å²) in [4.78, 5) is 30.3. The second-order valence-electron chi connectivity index (χ2n) is 9.69. The molecule has 1 aromatic heterocycles. The molecule has 208 valence electrons. The van der Waals surface area contributed by atoms with Gasteiger partial charge in [0.25, 0.3) is 11.8 Å². The Labute approximate surface area is 221 Å². The van der Waals surface area contributed by atoms with Gasteiger partial charge in [0.05, 0.1) is 18.4 Å². The van der Waals surface area contributed by atoms with Gasteiger partial charge in [-0.05, 0) is 31.6 Å². The van der Waals surface area contributed by atoms with Crippen LogP contribution in [0.25, 0.3) is 5.70 Å². The van der Waals surface area contributed by atoms with E-state index < -0.39 is 23.7 Å². The highest BCUT2D eigenvalue weighted by atomic mass is 19.3. The molecule has 3 rings (SSSR count). The minimum absolute atomic E-state index is 0.0786. The van der Waals surface area contributed by atoms with Gasteiger partial charge in [-0.15, -0.1) is 0 Å². The molecule has 1 saturated carbocycles. The number of rotatable bonds is 13. The molecule has 1 aliphatic heterocycles. The molecule has 3 unspecified atom stereocenters. The molecule has 9 N–H and O–H groups in total. The van der Waals surface area contributed by atoms with Gasteiger partial charge in [0, 0.05) is 56.1 Å². The van der Waals surface area contributed by atoms with Crippen LogP contribution in [0.3, 0.4) is 0 Å². The molecular weight excluding hydrogens is 494 g/mol. The van der Waals surface area contributed by atoms with E-state index in [0.29, 0.717) is 37.4 Å². The number of piperidine rings is 1. The average Bonchev–Trinajstić information content (AvgIpc) is 3.23. The molecule has 2 aliphatic rings. The van der Waals surface area contributed by atoms with Gasteiger partial charge >= 0.3 is 0 Å². The number of hydrogen-bond acceptors (Lipinski definition) is 9. The van der Waals surface area contributed by atoms with Gasteiger partial charge in [0.1, 0.15) is 17.3 Å². The number of carbonyl (C=O) groups excluding carboxylic acids is 2. The van der Waals surface area contributed by atoms with Crippen molar-refractivity contribution in [2.24, 2.45) is 29.0 Å². The Bertz CT molecular complexity index is 1090. The monoisotopic (exact) mass is 532 g/mol. The lowest BCUT2D eigenvalue weighted by Gasteiger charge is -2.23. The Morgan fingerprint density at radius 3 is 2.53 bits per heavy atom. The maximum absolute atomic E-state index is 13.4. The largest absolute Gasteiger partial charge is 0.398 e. The van der Waals surface area contributed by atoms with Crippen LogP contribution in [-0.2, 0) is 9.59 Å². The van der Waals surface area contributed by atoms with Gasteiger partial charge in [0.15, 0.2) is 5.78 Å². The van der Waals surface area contributed by atoms with E-state index in [2.05, 4.69) is 20.9 Å². The van der Waals surface area contributed by atoms with Gasteiger partial charge in [-0.2, -0.15) is 0 Å². The quantitative estimate of drug-likeness (QED) is 0.159. The van der Waals surface area contributed by atoms with Crippen molar-refractivity contribution in [2.75, 3.05) is 31.6 Å². The molecule has 0 spiro atoms. The minimum Gasteiger partial charge on any atom is -0.398 e. The second-order valence-corrected chi connectivity index (χ2v) is 9.69. The van der Waals surface area contributed by atoms with Gasteiger partial charge in [0.2, 0.25) is 0 Å². The molecule has 1 saturated heterocycles. The van der Waals surface area contributed by atoms with Crippen LogP contribution in [0.1, 0.15) is 32.3 Å². The molecule has 12 heteroatoms. The van der Waals surface area contributed by atoms with Crippen LogP contribution in [0.5, 0.6) is 0 Å². The van der Waals surface area contributed by atoms with E-state index in [1.165, 1.54) is 0 Å². The number of nitrogens with two attached hydrogens (primary N) is 3. The summed E-state index contributed by atoms with van der Waals surface area (Å²) in [6.45, 7) is 4.13. The third kappa shape index (κ3) is 6.80. The zero-order valence-corrected chi connectivity index (χ0v) is 22.0. The Balaban J connectivity index is 1.49. The normalized spacial score (nSPS) is 22.4. The van der Waals surface area contributed by atoms with Crippen LogP contribution >= 0.6 is 0 Å². The predicted molar refractivity (Wildman–Crippen MR) is 143 cm³/mol. The number of pyridine rings is 1. The lowest BCUT2D eigenvalue weighted by Crippen LogP contribution is -2.47. The van der Waals surface area contributed by atoms with Crippen molar-refractivity contribution in [1.29, 1.82) is 0 Å². The third-order valence-electron chi connectivity index (χ3n) is 7.05. The van der Waals surface area contributed by atoms with E-state index in [-0.39, 0.29) is 35.9 Å². The van der Waals surface area contributed by atoms with Crippen molar-refractivity contribution in [3.63, 3.8) is 0 Å². The van der Waals surface area contributed by atoms with Crippen molar-refractivity contribution in [3.05, 3.63) is 53.6 Å². The molecule has 1 amide bonds. The van der Waals surface area contributed by atoms with Crippen LogP contribution < -0.4 is 38.1 Å². The van der Waals surface area contributed by atoms with Crippen LogP contribution in [0.4, 0.5) is 14.6 Å². The van der Waals surface area contributed by atoms with Crippen LogP contribution in [0, 0.1) is 11.8 Å². The van der Waals surface area contributed by atoms with E-state index in [9.17, 15) is 18.4 Å². The van der Waals surface area contributed by atoms with Crippen LogP contribution in [-0.4, -0.2) is 61.4 Å². The summed E-state index contributed by atoms with van der Waals surface area (Å²) >= 11 is 0. The number of halogens is 2. The number of amides is 1. The Morgan fingerprint density at radius 1 is 1.26 bits per heavy atom. The summed E-state index contributed by atoms with van der Waals surface area (Å²) in [7, 11) is 1.59. The third-order valence-corrected chi connectivity index (χ3v) is 7.05. The first-order chi connectivity index (χ1) is 18.0. The summed E-state index contributed by atoms with van der Waals surface area (Å²) < 4.78 is 26.8. The number of hydrogen-bond donors (Lipinski definition) is 6. The number of nitrogens with zero attached hydrogens (tertiary/aromatic N) is 2. The summed E-state index contributed by atoms with van der Waals surface area (Å²) in [6, 6.07) is 2.94. The van der Waals surface area contributed by atoms with Crippen LogP contribution in [0.15, 0.2) is 48.1 Å². The van der Waals surface area contributed by atoms with Gasteiger partial charge < -0.3 is 38.1 Å². The van der Waals surface area contributed by atoms with E-state index in [4.69, 9.17) is 17.2 Å². The summed E-state index contributed by atoms with van der Waals surface area (Å²) in [5, 5.41) is 8.33. The molecule has 4 atom stereocenters. The number of ketones is 1. The molecule has 2 heterocycles. The lowest BCUT2D eigenvalue weighted by atomic mass is 10.1. The number of Topliss-reactive ketones (excluding diaryl/α,β-unsaturated/α-hetero) is 1.